The largest absolute Gasteiger partial charge is 0.393 e. The molecule has 0 aromatic heterocycles. The number of aliphatic hydroxyl groups excluding tert-OH is 1. The molecule has 164 valence electrons. The molecule has 2 heteroatoms. The topological polar surface area (TPSA) is 40.5 Å². The van der Waals surface area contributed by atoms with Crippen LogP contribution in [0.4, 0.5) is 0 Å². The van der Waals surface area contributed by atoms with E-state index in [-0.39, 0.29) is 11.7 Å². The molecule has 0 aliphatic heterocycles. The zero-order chi connectivity index (χ0) is 20.3. The minimum absolute atomic E-state index is 0.0923. The molecule has 0 saturated heterocycles. The summed E-state index contributed by atoms with van der Waals surface area (Å²) in [6, 6.07) is 0. The maximum absolute atomic E-state index is 10.7. The van der Waals surface area contributed by atoms with Gasteiger partial charge >= 0.3 is 0 Å². The average molecular weight is 401 g/mol. The first-order valence-electron chi connectivity index (χ1n) is 12.9. The van der Waals surface area contributed by atoms with Crippen LogP contribution in [0.5, 0.6) is 0 Å². The summed E-state index contributed by atoms with van der Waals surface area (Å²) < 4.78 is 0. The first kappa shape index (κ1) is 20.6. The maximum atomic E-state index is 10.7. The quantitative estimate of drug-likeness (QED) is 0.536. The van der Waals surface area contributed by atoms with Gasteiger partial charge in [-0.05, 0) is 112 Å². The van der Waals surface area contributed by atoms with Crippen molar-refractivity contribution in [3.8, 4) is 0 Å². The van der Waals surface area contributed by atoms with E-state index in [1.165, 1.54) is 64.2 Å². The lowest BCUT2D eigenvalue weighted by atomic mass is 9.47. The van der Waals surface area contributed by atoms with Crippen molar-refractivity contribution in [3.63, 3.8) is 0 Å². The van der Waals surface area contributed by atoms with Crippen LogP contribution in [0.25, 0.3) is 0 Å². The fourth-order valence-corrected chi connectivity index (χ4v) is 9.19. The van der Waals surface area contributed by atoms with Crippen molar-refractivity contribution in [1.82, 2.24) is 0 Å². The van der Waals surface area contributed by atoms with E-state index in [1.807, 2.05) is 0 Å². The van der Waals surface area contributed by atoms with E-state index in [0.29, 0.717) is 10.8 Å². The first-order chi connectivity index (χ1) is 13.8. The van der Waals surface area contributed by atoms with Crippen LogP contribution in [-0.4, -0.2) is 21.9 Å². The predicted molar refractivity (Wildman–Crippen MR) is 118 cm³/mol. The molecule has 4 fully saturated rings. The highest BCUT2D eigenvalue weighted by atomic mass is 16.3. The molecule has 0 bridgehead atoms. The molecular weight excluding hydrogens is 356 g/mol. The van der Waals surface area contributed by atoms with E-state index >= 15 is 0 Å². The molecule has 0 amide bonds. The lowest BCUT2D eigenvalue weighted by Gasteiger charge is -2.58. The second kappa shape index (κ2) is 7.37. The van der Waals surface area contributed by atoms with Crippen LogP contribution < -0.4 is 0 Å². The van der Waals surface area contributed by atoms with Crippen molar-refractivity contribution < 1.29 is 10.2 Å². The van der Waals surface area contributed by atoms with Gasteiger partial charge in [-0.15, -0.1) is 0 Å². The molecular formula is C27H44O2. The molecule has 5 aliphatic rings. The van der Waals surface area contributed by atoms with Crippen molar-refractivity contribution in [2.45, 2.75) is 122 Å². The van der Waals surface area contributed by atoms with Crippen LogP contribution in [0.3, 0.4) is 0 Å². The number of allylic oxidation sites excluding steroid dienone is 1. The van der Waals surface area contributed by atoms with Crippen LogP contribution in [0.1, 0.15) is 110 Å². The normalized spacial score (nSPS) is 48.6. The van der Waals surface area contributed by atoms with Gasteiger partial charge in [0.05, 0.1) is 11.7 Å². The van der Waals surface area contributed by atoms with E-state index in [9.17, 15) is 10.2 Å². The Kier molecular flexibility index (Phi) is 5.22. The fourth-order valence-electron chi connectivity index (χ4n) is 9.19. The Morgan fingerprint density at radius 1 is 0.966 bits per heavy atom. The zero-order valence-corrected chi connectivity index (χ0v) is 19.0. The van der Waals surface area contributed by atoms with Crippen LogP contribution in [-0.2, 0) is 0 Å². The van der Waals surface area contributed by atoms with Crippen LogP contribution in [0.2, 0.25) is 0 Å². The lowest BCUT2D eigenvalue weighted by molar-refractivity contribution is -0.0517. The van der Waals surface area contributed by atoms with E-state index in [4.69, 9.17) is 0 Å². The molecule has 4 unspecified atom stereocenters. The minimum Gasteiger partial charge on any atom is -0.393 e. The molecule has 0 aromatic carbocycles. The number of rotatable bonds is 4. The second-order valence-electron chi connectivity index (χ2n) is 12.3. The Balaban J connectivity index is 1.27. The monoisotopic (exact) mass is 400 g/mol. The van der Waals surface area contributed by atoms with Gasteiger partial charge in [0, 0.05) is 0 Å². The molecule has 29 heavy (non-hydrogen) atoms. The SMILES string of the molecule is CC12CC[C@H](O)CC1=CCC1C2CC[C@@]2(C)C1CC[C@@H]2CCCC1(O)CCCC1. The summed E-state index contributed by atoms with van der Waals surface area (Å²) in [6.07, 6.45) is 20.7. The molecule has 5 aliphatic carbocycles. The molecule has 7 atom stereocenters. The van der Waals surface area contributed by atoms with Gasteiger partial charge in [0.1, 0.15) is 0 Å². The third-order valence-corrected chi connectivity index (χ3v) is 11.0. The lowest BCUT2D eigenvalue weighted by Crippen LogP contribution is -2.50. The van der Waals surface area contributed by atoms with Crippen molar-refractivity contribution in [3.05, 3.63) is 11.6 Å². The Morgan fingerprint density at radius 2 is 1.76 bits per heavy atom. The average Bonchev–Trinajstić information content (AvgIpc) is 3.26. The standard InChI is InChI=1S/C27H44O2/c1-25-17-12-24-22(9-7-20-18-21(28)11-16-26(20,24)2)23(25)10-8-19(25)6-5-15-27(29)13-3-4-14-27/h7,19,21-24,28-29H,3-6,8-18H2,1-2H3/t19-,21-,22?,23?,24?,25+,26?/m0/s1. The number of hydrogen-bond acceptors (Lipinski definition) is 2. The zero-order valence-electron chi connectivity index (χ0n) is 19.0. The molecule has 2 nitrogen and oxygen atoms in total. The Hall–Kier alpha value is -0.340. The van der Waals surface area contributed by atoms with Crippen molar-refractivity contribution in [2.24, 2.45) is 34.5 Å². The van der Waals surface area contributed by atoms with E-state index in [1.54, 1.807) is 5.57 Å². The fraction of sp³-hybridized carbons (Fsp3) is 0.926. The summed E-state index contributed by atoms with van der Waals surface area (Å²) >= 11 is 0. The third-order valence-electron chi connectivity index (χ3n) is 11.0. The molecule has 0 heterocycles. The molecule has 4 saturated carbocycles. The molecule has 0 spiro atoms. The van der Waals surface area contributed by atoms with E-state index < -0.39 is 0 Å². The van der Waals surface area contributed by atoms with Crippen molar-refractivity contribution >= 4 is 0 Å². The minimum atomic E-state index is -0.318. The Labute approximate surface area is 178 Å². The van der Waals surface area contributed by atoms with Crippen molar-refractivity contribution in [1.29, 1.82) is 0 Å². The molecule has 2 N–H and O–H groups in total. The van der Waals surface area contributed by atoms with Crippen LogP contribution in [0.15, 0.2) is 11.6 Å². The highest BCUT2D eigenvalue weighted by molar-refractivity contribution is 5.25. The van der Waals surface area contributed by atoms with E-state index in [2.05, 4.69) is 19.9 Å². The van der Waals surface area contributed by atoms with Crippen molar-refractivity contribution in [2.75, 3.05) is 0 Å². The molecule has 5 rings (SSSR count). The van der Waals surface area contributed by atoms with Gasteiger partial charge in [-0.1, -0.05) is 44.8 Å². The van der Waals surface area contributed by atoms with E-state index in [0.717, 1.165) is 55.8 Å². The number of hydrogen-bond donors (Lipinski definition) is 2. The summed E-state index contributed by atoms with van der Waals surface area (Å²) in [4.78, 5) is 0. The first-order valence-corrected chi connectivity index (χ1v) is 12.9. The predicted octanol–water partition coefficient (Wildman–Crippen LogP) is 6.40. The smallest absolute Gasteiger partial charge is 0.0647 e. The van der Waals surface area contributed by atoms with Gasteiger partial charge in [0.25, 0.3) is 0 Å². The third kappa shape index (κ3) is 3.36. The second-order valence-corrected chi connectivity index (χ2v) is 12.3. The highest BCUT2D eigenvalue weighted by Gasteiger charge is 2.58. The summed E-state index contributed by atoms with van der Waals surface area (Å²) in [5.74, 6) is 3.51. The summed E-state index contributed by atoms with van der Waals surface area (Å²) in [5, 5.41) is 21.0. The summed E-state index contributed by atoms with van der Waals surface area (Å²) in [7, 11) is 0. The summed E-state index contributed by atoms with van der Waals surface area (Å²) in [5.41, 5.74) is 2.18. The molecule has 0 aromatic rings. The Morgan fingerprint density at radius 3 is 2.55 bits per heavy atom. The Bertz CT molecular complexity index is 647. The van der Waals surface area contributed by atoms with Crippen LogP contribution in [0, 0.1) is 34.5 Å². The molecule has 0 radical (unpaired) electrons. The maximum Gasteiger partial charge on any atom is 0.0647 e. The number of aliphatic hydroxyl groups is 2. The van der Waals surface area contributed by atoms with Gasteiger partial charge in [-0.25, -0.2) is 0 Å². The number of fused-ring (bicyclic) bond motifs is 5. The van der Waals surface area contributed by atoms with Crippen LogP contribution >= 0.6 is 0 Å². The van der Waals surface area contributed by atoms with Gasteiger partial charge in [0.15, 0.2) is 0 Å². The van der Waals surface area contributed by atoms with Gasteiger partial charge < -0.3 is 10.2 Å². The van der Waals surface area contributed by atoms with Gasteiger partial charge in [-0.3, -0.25) is 0 Å². The summed E-state index contributed by atoms with van der Waals surface area (Å²) in [6.45, 7) is 5.18. The highest BCUT2D eigenvalue weighted by Crippen LogP contribution is 2.66. The van der Waals surface area contributed by atoms with Gasteiger partial charge in [0.2, 0.25) is 0 Å². The van der Waals surface area contributed by atoms with Gasteiger partial charge in [-0.2, -0.15) is 0 Å².